The summed E-state index contributed by atoms with van der Waals surface area (Å²) in [5.74, 6) is -0.473. The average molecular weight is 407 g/mol. The Morgan fingerprint density at radius 2 is 1.80 bits per heavy atom. The number of nitrogens with zero attached hydrogens (tertiary/aromatic N) is 3. The zero-order valence-corrected chi connectivity index (χ0v) is 16.7. The average Bonchev–Trinajstić information content (AvgIpc) is 3.26. The summed E-state index contributed by atoms with van der Waals surface area (Å²) in [6.45, 7) is 4.66. The molecule has 154 valence electrons. The molecule has 0 aliphatic carbocycles. The summed E-state index contributed by atoms with van der Waals surface area (Å²) in [7, 11) is 0. The molecule has 0 unspecified atom stereocenters. The monoisotopic (exact) mass is 407 g/mol. The van der Waals surface area contributed by atoms with Crippen LogP contribution in [0.1, 0.15) is 50.7 Å². The number of aromatic nitrogens is 1. The van der Waals surface area contributed by atoms with Gasteiger partial charge in [-0.1, -0.05) is 16.8 Å². The van der Waals surface area contributed by atoms with Gasteiger partial charge in [-0.3, -0.25) is 14.5 Å². The molecule has 5 rings (SSSR count). The van der Waals surface area contributed by atoms with Gasteiger partial charge < -0.3 is 9.42 Å². The van der Waals surface area contributed by atoms with E-state index in [9.17, 15) is 14.0 Å². The molecule has 0 N–H and O–H groups in total. The number of piperidine rings is 1. The minimum Gasteiger partial charge on any atom is -0.356 e. The molecule has 1 fully saturated rings. The highest BCUT2D eigenvalue weighted by Crippen LogP contribution is 2.33. The van der Waals surface area contributed by atoms with Crippen LogP contribution in [-0.2, 0) is 0 Å². The standard InChI is InChI=1S/C23H22FN3O3/c1-14-2-4-17-19(12-14)23(29)27(22(17)28)11-10-26-8-6-15(7-9-26)21-18-5-3-16(24)13-20(18)30-25-21/h2-5,12-13,15H,6-11H2,1H3. The third-order valence-corrected chi connectivity index (χ3v) is 6.20. The number of aryl methyl sites for hydroxylation is 1. The van der Waals surface area contributed by atoms with Crippen LogP contribution in [0.3, 0.4) is 0 Å². The van der Waals surface area contributed by atoms with E-state index in [1.165, 1.54) is 17.0 Å². The predicted molar refractivity (Wildman–Crippen MR) is 109 cm³/mol. The number of benzene rings is 2. The van der Waals surface area contributed by atoms with Crippen molar-refractivity contribution in [3.8, 4) is 0 Å². The van der Waals surface area contributed by atoms with Gasteiger partial charge in [0.25, 0.3) is 11.8 Å². The number of carbonyl (C=O) groups is 2. The molecule has 1 saturated heterocycles. The van der Waals surface area contributed by atoms with E-state index in [1.54, 1.807) is 18.2 Å². The third kappa shape index (κ3) is 3.19. The molecule has 3 aromatic rings. The first-order chi connectivity index (χ1) is 14.5. The third-order valence-electron chi connectivity index (χ3n) is 6.20. The Kier molecular flexibility index (Phi) is 4.62. The smallest absolute Gasteiger partial charge is 0.261 e. The van der Waals surface area contributed by atoms with Crippen molar-refractivity contribution in [1.29, 1.82) is 0 Å². The Bertz CT molecular complexity index is 1150. The van der Waals surface area contributed by atoms with Crippen molar-refractivity contribution in [2.75, 3.05) is 26.2 Å². The maximum absolute atomic E-state index is 13.4. The number of fused-ring (bicyclic) bond motifs is 2. The highest BCUT2D eigenvalue weighted by molar-refractivity contribution is 6.21. The van der Waals surface area contributed by atoms with E-state index in [0.717, 1.165) is 42.6 Å². The Morgan fingerprint density at radius 3 is 2.60 bits per heavy atom. The van der Waals surface area contributed by atoms with E-state index in [1.807, 2.05) is 13.0 Å². The number of imide groups is 1. The summed E-state index contributed by atoms with van der Waals surface area (Å²) in [5.41, 5.74) is 3.35. The highest BCUT2D eigenvalue weighted by Gasteiger charge is 2.35. The summed E-state index contributed by atoms with van der Waals surface area (Å²) >= 11 is 0. The van der Waals surface area contributed by atoms with Gasteiger partial charge in [-0.25, -0.2) is 4.39 Å². The second-order valence-electron chi connectivity index (χ2n) is 8.14. The van der Waals surface area contributed by atoms with Gasteiger partial charge in [0.05, 0.1) is 16.8 Å². The molecule has 0 atom stereocenters. The molecule has 3 heterocycles. The molecule has 0 bridgehead atoms. The van der Waals surface area contributed by atoms with Gasteiger partial charge in [0.2, 0.25) is 0 Å². The lowest BCUT2D eigenvalue weighted by atomic mass is 9.91. The first-order valence-electron chi connectivity index (χ1n) is 10.3. The van der Waals surface area contributed by atoms with Gasteiger partial charge in [0.1, 0.15) is 5.82 Å². The highest BCUT2D eigenvalue weighted by atomic mass is 19.1. The lowest BCUT2D eigenvalue weighted by Crippen LogP contribution is -2.41. The predicted octanol–water partition coefficient (Wildman–Crippen LogP) is 3.75. The van der Waals surface area contributed by atoms with Crippen LogP contribution in [-0.4, -0.2) is 52.9 Å². The van der Waals surface area contributed by atoms with Crippen LogP contribution in [0.5, 0.6) is 0 Å². The van der Waals surface area contributed by atoms with E-state index in [-0.39, 0.29) is 23.5 Å². The van der Waals surface area contributed by atoms with Crippen molar-refractivity contribution >= 4 is 22.8 Å². The topological polar surface area (TPSA) is 66.7 Å². The Hall–Kier alpha value is -3.06. The van der Waals surface area contributed by atoms with Crippen LogP contribution >= 0.6 is 0 Å². The zero-order chi connectivity index (χ0) is 20.8. The van der Waals surface area contributed by atoms with Gasteiger partial charge in [-0.05, 0) is 57.1 Å². The molecule has 7 heteroatoms. The molecule has 2 aromatic carbocycles. The number of halogens is 1. The fourth-order valence-corrected chi connectivity index (χ4v) is 4.50. The van der Waals surface area contributed by atoms with Crippen LogP contribution in [0.2, 0.25) is 0 Å². The van der Waals surface area contributed by atoms with E-state index >= 15 is 0 Å². The Morgan fingerprint density at radius 1 is 1.03 bits per heavy atom. The quantitative estimate of drug-likeness (QED) is 0.616. The zero-order valence-electron chi connectivity index (χ0n) is 16.7. The molecule has 2 aliphatic heterocycles. The SMILES string of the molecule is Cc1ccc2c(c1)C(=O)N(CCN1CCC(c3noc4cc(F)ccc34)CC1)C2=O. The molecular formula is C23H22FN3O3. The van der Waals surface area contributed by atoms with Crippen LogP contribution in [0.15, 0.2) is 40.9 Å². The maximum atomic E-state index is 13.4. The summed E-state index contributed by atoms with van der Waals surface area (Å²) in [4.78, 5) is 28.8. The van der Waals surface area contributed by atoms with Crippen molar-refractivity contribution < 1.29 is 18.5 Å². The van der Waals surface area contributed by atoms with E-state index in [0.29, 0.717) is 29.8 Å². The molecule has 0 spiro atoms. The van der Waals surface area contributed by atoms with Crippen molar-refractivity contribution in [3.63, 3.8) is 0 Å². The van der Waals surface area contributed by atoms with Gasteiger partial charge in [0, 0.05) is 30.5 Å². The second kappa shape index (κ2) is 7.32. The van der Waals surface area contributed by atoms with Crippen LogP contribution in [0.4, 0.5) is 4.39 Å². The van der Waals surface area contributed by atoms with Gasteiger partial charge in [-0.2, -0.15) is 0 Å². The Labute approximate surface area is 173 Å². The largest absolute Gasteiger partial charge is 0.356 e. The number of amides is 2. The maximum Gasteiger partial charge on any atom is 0.261 e. The molecule has 1 aromatic heterocycles. The molecule has 6 nitrogen and oxygen atoms in total. The van der Waals surface area contributed by atoms with Crippen LogP contribution in [0.25, 0.3) is 11.0 Å². The number of likely N-dealkylation sites (tertiary alicyclic amines) is 1. The molecule has 2 amide bonds. The van der Waals surface area contributed by atoms with E-state index in [2.05, 4.69) is 10.1 Å². The number of carbonyl (C=O) groups excluding carboxylic acids is 2. The minimum absolute atomic E-state index is 0.199. The molecule has 2 aliphatic rings. The van der Waals surface area contributed by atoms with E-state index < -0.39 is 0 Å². The number of hydrogen-bond acceptors (Lipinski definition) is 5. The number of hydrogen-bond donors (Lipinski definition) is 0. The summed E-state index contributed by atoms with van der Waals surface area (Å²) in [6, 6.07) is 9.92. The second-order valence-corrected chi connectivity index (χ2v) is 8.14. The first kappa shape index (κ1) is 18.9. The fourth-order valence-electron chi connectivity index (χ4n) is 4.50. The van der Waals surface area contributed by atoms with Crippen molar-refractivity contribution in [2.45, 2.75) is 25.7 Å². The first-order valence-corrected chi connectivity index (χ1v) is 10.3. The molecular weight excluding hydrogens is 385 g/mol. The van der Waals surface area contributed by atoms with Crippen molar-refractivity contribution in [1.82, 2.24) is 15.0 Å². The fraction of sp³-hybridized carbons (Fsp3) is 0.348. The van der Waals surface area contributed by atoms with Crippen LogP contribution in [0, 0.1) is 12.7 Å². The van der Waals surface area contributed by atoms with E-state index in [4.69, 9.17) is 4.52 Å². The molecule has 0 saturated carbocycles. The lowest BCUT2D eigenvalue weighted by Gasteiger charge is -2.32. The van der Waals surface area contributed by atoms with Crippen molar-refractivity contribution in [2.24, 2.45) is 0 Å². The van der Waals surface area contributed by atoms with Crippen LogP contribution < -0.4 is 0 Å². The molecule has 30 heavy (non-hydrogen) atoms. The summed E-state index contributed by atoms with van der Waals surface area (Å²) in [6.07, 6.45) is 1.81. The summed E-state index contributed by atoms with van der Waals surface area (Å²) < 4.78 is 18.7. The Balaban J connectivity index is 1.20. The molecule has 0 radical (unpaired) electrons. The lowest BCUT2D eigenvalue weighted by molar-refractivity contribution is 0.0629. The van der Waals surface area contributed by atoms with Crippen molar-refractivity contribution in [3.05, 3.63) is 64.6 Å². The minimum atomic E-state index is -0.330. The summed E-state index contributed by atoms with van der Waals surface area (Å²) in [5, 5.41) is 5.06. The number of rotatable bonds is 4. The van der Waals surface area contributed by atoms with Gasteiger partial charge in [-0.15, -0.1) is 0 Å². The van der Waals surface area contributed by atoms with Gasteiger partial charge >= 0.3 is 0 Å². The van der Waals surface area contributed by atoms with Gasteiger partial charge in [0.15, 0.2) is 5.58 Å². The normalized spacial score (nSPS) is 17.9.